The van der Waals surface area contributed by atoms with E-state index in [1.165, 1.54) is 4.88 Å². The summed E-state index contributed by atoms with van der Waals surface area (Å²) in [5, 5.41) is 5.02. The van der Waals surface area contributed by atoms with Crippen LogP contribution < -0.4 is 14.8 Å². The summed E-state index contributed by atoms with van der Waals surface area (Å²) < 4.78 is 11.5. The summed E-state index contributed by atoms with van der Waals surface area (Å²) >= 11 is 1.71. The van der Waals surface area contributed by atoms with Gasteiger partial charge in [-0.15, -0.1) is 11.3 Å². The Kier molecular flexibility index (Phi) is 8.71. The zero-order valence-corrected chi connectivity index (χ0v) is 22.7. The highest BCUT2D eigenvalue weighted by molar-refractivity contribution is 7.10. The van der Waals surface area contributed by atoms with Crippen LogP contribution in [-0.2, 0) is 11.2 Å². The number of methoxy groups -OCH3 is 1. The van der Waals surface area contributed by atoms with Gasteiger partial charge in [0, 0.05) is 29.2 Å². The molecule has 0 saturated carbocycles. The van der Waals surface area contributed by atoms with Crippen molar-refractivity contribution in [3.63, 3.8) is 0 Å². The standard InChI is InChI=1S/C29H35N3O4S/c1-5-21(3)32(29(34)30-22-11-9-20(2)10-12-22)18-28(33)31-15-13-27-25(14-16-37-27)26(31)19-36-24-8-6-7-23(17-24)35-4/h6-12,14,16-17,21,26H,5,13,15,18-19H2,1-4H3,(H,30,34)/t21-,26-/m0/s1. The second-order valence-corrected chi connectivity index (χ2v) is 10.3. The van der Waals surface area contributed by atoms with Crippen molar-refractivity contribution in [1.82, 2.24) is 9.80 Å². The molecule has 1 aliphatic heterocycles. The molecule has 0 aliphatic carbocycles. The smallest absolute Gasteiger partial charge is 0.322 e. The summed E-state index contributed by atoms with van der Waals surface area (Å²) in [7, 11) is 1.62. The summed E-state index contributed by atoms with van der Waals surface area (Å²) in [4.78, 5) is 31.7. The molecule has 2 aromatic carbocycles. The molecule has 37 heavy (non-hydrogen) atoms. The first-order valence-corrected chi connectivity index (χ1v) is 13.5. The molecule has 3 amide bonds. The first kappa shape index (κ1) is 26.5. The third-order valence-electron chi connectivity index (χ3n) is 6.86. The number of thiophene rings is 1. The Morgan fingerprint density at radius 3 is 2.65 bits per heavy atom. The maximum absolute atomic E-state index is 13.7. The summed E-state index contributed by atoms with van der Waals surface area (Å²) in [5.74, 6) is 1.32. The molecule has 2 atom stereocenters. The minimum Gasteiger partial charge on any atom is -0.497 e. The van der Waals surface area contributed by atoms with E-state index >= 15 is 0 Å². The van der Waals surface area contributed by atoms with Gasteiger partial charge in [-0.3, -0.25) is 4.79 Å². The van der Waals surface area contributed by atoms with Crippen LogP contribution in [0.5, 0.6) is 11.5 Å². The van der Waals surface area contributed by atoms with Crippen molar-refractivity contribution in [2.45, 2.75) is 45.7 Å². The van der Waals surface area contributed by atoms with Crippen molar-refractivity contribution < 1.29 is 19.1 Å². The third kappa shape index (κ3) is 6.43. The maximum atomic E-state index is 13.7. The highest BCUT2D eigenvalue weighted by Gasteiger charge is 2.34. The summed E-state index contributed by atoms with van der Waals surface area (Å²) in [6, 6.07) is 16.6. The first-order chi connectivity index (χ1) is 17.9. The van der Waals surface area contributed by atoms with Crippen molar-refractivity contribution in [3.05, 3.63) is 76.0 Å². The van der Waals surface area contributed by atoms with Crippen LogP contribution in [0, 0.1) is 6.92 Å². The van der Waals surface area contributed by atoms with Crippen LogP contribution in [0.1, 0.15) is 42.3 Å². The Morgan fingerprint density at radius 2 is 1.92 bits per heavy atom. The predicted molar refractivity (Wildman–Crippen MR) is 148 cm³/mol. The second-order valence-electron chi connectivity index (χ2n) is 9.32. The number of fused-ring (bicyclic) bond motifs is 1. The number of carbonyl (C=O) groups is 2. The van der Waals surface area contributed by atoms with Gasteiger partial charge < -0.3 is 24.6 Å². The molecule has 1 aromatic heterocycles. The van der Waals surface area contributed by atoms with E-state index in [0.29, 0.717) is 30.3 Å². The molecule has 0 unspecified atom stereocenters. The Hall–Kier alpha value is -3.52. The van der Waals surface area contributed by atoms with E-state index in [-0.39, 0.29) is 30.6 Å². The van der Waals surface area contributed by atoms with Crippen LogP contribution in [0.4, 0.5) is 10.5 Å². The number of amides is 3. The van der Waals surface area contributed by atoms with Gasteiger partial charge in [0.15, 0.2) is 0 Å². The van der Waals surface area contributed by atoms with Crippen molar-refractivity contribution in [3.8, 4) is 11.5 Å². The number of benzene rings is 2. The summed E-state index contributed by atoms with van der Waals surface area (Å²) in [6.45, 7) is 6.90. The Balaban J connectivity index is 1.50. The average molecular weight is 522 g/mol. The lowest BCUT2D eigenvalue weighted by atomic mass is 10.00. The van der Waals surface area contributed by atoms with Crippen LogP contribution in [0.3, 0.4) is 0 Å². The average Bonchev–Trinajstić information content (AvgIpc) is 3.40. The predicted octanol–water partition coefficient (Wildman–Crippen LogP) is 5.90. The van der Waals surface area contributed by atoms with E-state index in [1.54, 1.807) is 23.3 Å². The van der Waals surface area contributed by atoms with Crippen molar-refractivity contribution >= 4 is 29.0 Å². The number of hydrogen-bond donors (Lipinski definition) is 1. The van der Waals surface area contributed by atoms with Gasteiger partial charge in [-0.25, -0.2) is 4.79 Å². The number of urea groups is 1. The van der Waals surface area contributed by atoms with Gasteiger partial charge in [0.2, 0.25) is 5.91 Å². The molecule has 0 bridgehead atoms. The van der Waals surface area contributed by atoms with Gasteiger partial charge in [-0.1, -0.05) is 30.7 Å². The molecule has 196 valence electrons. The molecule has 0 fully saturated rings. The highest BCUT2D eigenvalue weighted by atomic mass is 32.1. The van der Waals surface area contributed by atoms with Crippen molar-refractivity contribution in [2.24, 2.45) is 0 Å². The second kappa shape index (κ2) is 12.1. The molecular formula is C29H35N3O4S. The number of rotatable bonds is 9. The van der Waals surface area contributed by atoms with Crippen LogP contribution in [0.2, 0.25) is 0 Å². The number of aryl methyl sites for hydroxylation is 1. The van der Waals surface area contributed by atoms with Crippen LogP contribution in [-0.4, -0.2) is 54.6 Å². The molecule has 4 rings (SSSR count). The van der Waals surface area contributed by atoms with E-state index in [2.05, 4.69) is 16.8 Å². The van der Waals surface area contributed by atoms with Gasteiger partial charge in [0.25, 0.3) is 0 Å². The van der Waals surface area contributed by atoms with Crippen LogP contribution in [0.25, 0.3) is 0 Å². The molecule has 1 N–H and O–H groups in total. The number of nitrogens with one attached hydrogen (secondary N) is 1. The Morgan fingerprint density at radius 1 is 1.16 bits per heavy atom. The highest BCUT2D eigenvalue weighted by Crippen LogP contribution is 2.34. The monoisotopic (exact) mass is 521 g/mol. The minimum absolute atomic E-state index is 0.00182. The molecule has 2 heterocycles. The largest absolute Gasteiger partial charge is 0.497 e. The van der Waals surface area contributed by atoms with E-state index in [9.17, 15) is 9.59 Å². The fourth-order valence-corrected chi connectivity index (χ4v) is 5.39. The molecular weight excluding hydrogens is 486 g/mol. The Labute approximate surface area is 223 Å². The zero-order valence-electron chi connectivity index (χ0n) is 21.9. The normalized spacial score (nSPS) is 15.5. The molecule has 8 heteroatoms. The summed E-state index contributed by atoms with van der Waals surface area (Å²) in [6.07, 6.45) is 1.54. The lowest BCUT2D eigenvalue weighted by molar-refractivity contribution is -0.135. The van der Waals surface area contributed by atoms with Crippen LogP contribution in [0.15, 0.2) is 60.0 Å². The van der Waals surface area contributed by atoms with E-state index in [0.717, 1.165) is 24.0 Å². The molecule has 0 spiro atoms. The molecule has 0 saturated heterocycles. The number of nitrogens with zero attached hydrogens (tertiary/aromatic N) is 2. The maximum Gasteiger partial charge on any atom is 0.322 e. The van der Waals surface area contributed by atoms with E-state index in [4.69, 9.17) is 9.47 Å². The number of carbonyl (C=O) groups excluding carboxylic acids is 2. The lowest BCUT2D eigenvalue weighted by Gasteiger charge is -2.38. The summed E-state index contributed by atoms with van der Waals surface area (Å²) in [5.41, 5.74) is 2.94. The quantitative estimate of drug-likeness (QED) is 0.380. The molecule has 1 aliphatic rings. The molecule has 0 radical (unpaired) electrons. The number of hydrogen-bond acceptors (Lipinski definition) is 5. The lowest BCUT2D eigenvalue weighted by Crippen LogP contribution is -2.50. The minimum atomic E-state index is -0.274. The first-order valence-electron chi connectivity index (χ1n) is 12.7. The number of ether oxygens (including phenoxy) is 2. The molecule has 7 nitrogen and oxygen atoms in total. The zero-order chi connectivity index (χ0) is 26.4. The van der Waals surface area contributed by atoms with Gasteiger partial charge in [0.05, 0.1) is 13.2 Å². The van der Waals surface area contributed by atoms with Crippen molar-refractivity contribution in [2.75, 3.05) is 32.1 Å². The Bertz CT molecular complexity index is 1210. The van der Waals surface area contributed by atoms with Crippen molar-refractivity contribution in [1.29, 1.82) is 0 Å². The van der Waals surface area contributed by atoms with E-state index in [1.807, 2.05) is 74.2 Å². The third-order valence-corrected chi connectivity index (χ3v) is 7.85. The fourth-order valence-electron chi connectivity index (χ4n) is 4.46. The van der Waals surface area contributed by atoms with Gasteiger partial charge >= 0.3 is 6.03 Å². The van der Waals surface area contributed by atoms with Gasteiger partial charge in [-0.2, -0.15) is 0 Å². The SMILES string of the molecule is CC[C@H](C)N(CC(=O)N1CCc2sccc2[C@@H]1COc1cccc(OC)c1)C(=O)Nc1ccc(C)cc1. The van der Waals surface area contributed by atoms with Gasteiger partial charge in [0.1, 0.15) is 24.7 Å². The van der Waals surface area contributed by atoms with E-state index < -0.39 is 0 Å². The van der Waals surface area contributed by atoms with Crippen LogP contribution >= 0.6 is 11.3 Å². The number of anilines is 1. The fraction of sp³-hybridized carbons (Fsp3) is 0.379. The topological polar surface area (TPSA) is 71.1 Å². The van der Waals surface area contributed by atoms with Gasteiger partial charge in [-0.05, 0) is 68.0 Å². The molecule has 3 aromatic rings.